The van der Waals surface area contributed by atoms with E-state index in [4.69, 9.17) is 4.42 Å². The smallest absolute Gasteiger partial charge is 0.213 e. The monoisotopic (exact) mass is 1610 g/mol. The summed E-state index contributed by atoms with van der Waals surface area (Å²) in [5, 5.41) is 44.7. The first-order valence-corrected chi connectivity index (χ1v) is 41.0. The average molecular weight is 1610 g/mol. The van der Waals surface area contributed by atoms with Crippen molar-refractivity contribution in [1.82, 2.24) is 109 Å². The number of aromatic nitrogens is 22. The van der Waals surface area contributed by atoms with Crippen molar-refractivity contribution in [2.45, 2.75) is 277 Å². The number of aromatic amines is 6. The number of rotatable bonds is 0. The second-order valence-corrected chi connectivity index (χ2v) is 19.2. The normalized spacial score (nSPS) is 7.50. The third-order valence-electron chi connectivity index (χ3n) is 8.46. The first-order chi connectivity index (χ1) is 53.9. The summed E-state index contributed by atoms with van der Waals surface area (Å²) in [6.07, 6.45) is 31.2. The van der Waals surface area contributed by atoms with Gasteiger partial charge in [-0.05, 0) is 159 Å². The van der Waals surface area contributed by atoms with Gasteiger partial charge < -0.3 is 32.9 Å². The zero-order valence-corrected chi connectivity index (χ0v) is 79.1. The van der Waals surface area contributed by atoms with Gasteiger partial charge in [0, 0.05) is 145 Å². The largest absolute Gasteiger partial charge is 0.426 e. The van der Waals surface area contributed by atoms with Crippen LogP contribution in [0.2, 0.25) is 0 Å². The van der Waals surface area contributed by atoms with Crippen molar-refractivity contribution in [3.8, 4) is 0 Å². The lowest BCUT2D eigenvalue weighted by Gasteiger charge is -1.77. The van der Waals surface area contributed by atoms with Gasteiger partial charge in [-0.15, -0.1) is 10.2 Å². The Balaban J connectivity index is -0.0000000828. The third-order valence-corrected chi connectivity index (χ3v) is 10.5. The summed E-state index contributed by atoms with van der Waals surface area (Å²) in [6, 6.07) is 13.3. The fourth-order valence-electron chi connectivity index (χ4n) is 4.32. The molecule has 6 N–H and O–H groups in total. The van der Waals surface area contributed by atoms with E-state index in [1.165, 1.54) is 50.6 Å². The summed E-state index contributed by atoms with van der Waals surface area (Å²) >= 11 is 4.51. The van der Waals surface area contributed by atoms with Crippen molar-refractivity contribution in [2.24, 2.45) is 7.05 Å². The van der Waals surface area contributed by atoms with Crippen LogP contribution in [-0.4, -0.2) is 109 Å². The standard InChI is InChI=1S/C4H6N2O.7C4H6N2.3C4H5NO.3C4H5NS.13C2H6/c1-3-5-6-4(2)7-3;2*1-4-2-5-3-6-4;1-4-2-5-6-3-4;1-6-4-2-3-5-6;1-4-5-2-3-6-4;2*1-4-2-3-5-6-4;1-4-2-5-6-3-4;1-4-2-3-6-5-4;1-4-2-3-5-6-4;1-4-2-5-6-3-4;1-4-2-3-6-5-4;1-4-2-3-5-6-4;13*1-2/h1-2H3;3*2-3H,1H3,(H,5,6);2-4H,1H3;3*2-3H,1H3,(H,5,6);6*2-3H,1H3;13*1-2H3. The van der Waals surface area contributed by atoms with Gasteiger partial charge in [0.1, 0.15) is 24.1 Å². The van der Waals surface area contributed by atoms with E-state index in [-0.39, 0.29) is 0 Å². The second-order valence-electron chi connectivity index (χ2n) is 16.9. The lowest BCUT2D eigenvalue weighted by atomic mass is 10.4. The number of hydrogen-bond donors (Lipinski definition) is 6. The van der Waals surface area contributed by atoms with Crippen LogP contribution >= 0.6 is 34.6 Å². The Bertz CT molecular complexity index is 2570. The SMILES string of the molecule is CC.CC.CC.CC.CC.CC.CC.CC.CC.CC.CC.CC.CC.Cc1ccn[nH]1.Cc1ccn[nH]1.Cc1ccno1.Cc1ccns1.Cc1ccon1.Cc1ccsn1.Cc1cn[nH]c1.Cc1cnc[nH]1.Cc1cnc[nH]1.Cc1cnoc1.Cc1cnsc1.Cc1ncc[nH]1.Cc1nnc(C)o1.Cn1cccn1. The maximum absolute atomic E-state index is 4.86. The molecule has 29 heteroatoms. The molecule has 0 spiro atoms. The maximum Gasteiger partial charge on any atom is 0.213 e. The molecule has 0 aliphatic carbocycles. The highest BCUT2D eigenvalue weighted by Gasteiger charge is 1.90. The molecular weight excluding hydrogens is 1450 g/mol. The van der Waals surface area contributed by atoms with E-state index < -0.39 is 0 Å². The zero-order chi connectivity index (χ0) is 88.6. The number of nitrogens with zero attached hydrogens (tertiary/aromatic N) is 16. The van der Waals surface area contributed by atoms with Crippen molar-refractivity contribution in [3.05, 3.63) is 244 Å². The molecule has 0 bridgehead atoms. The summed E-state index contributed by atoms with van der Waals surface area (Å²) < 4.78 is 31.8. The van der Waals surface area contributed by atoms with E-state index in [1.807, 2.05) is 330 Å². The summed E-state index contributed by atoms with van der Waals surface area (Å²) in [7, 11) is 1.89. The molecule has 0 saturated heterocycles. The van der Waals surface area contributed by atoms with Crippen LogP contribution in [0.3, 0.4) is 0 Å². The Morgan fingerprint density at radius 2 is 0.955 bits per heavy atom. The summed E-state index contributed by atoms with van der Waals surface area (Å²) in [6.45, 7) is 79.0. The molecule has 14 aromatic rings. The van der Waals surface area contributed by atoms with E-state index >= 15 is 0 Å². The van der Waals surface area contributed by atoms with Crippen LogP contribution in [0.5, 0.6) is 0 Å². The van der Waals surface area contributed by atoms with Gasteiger partial charge in [0.15, 0.2) is 0 Å². The van der Waals surface area contributed by atoms with E-state index in [9.17, 15) is 0 Å². The fraction of sp³-hybridized carbons (Fsp3) is 0.500. The molecule has 0 aliphatic heterocycles. The summed E-state index contributed by atoms with van der Waals surface area (Å²) in [4.78, 5) is 21.3. The van der Waals surface area contributed by atoms with Gasteiger partial charge >= 0.3 is 0 Å². The zero-order valence-electron chi connectivity index (χ0n) is 76.6. The highest BCUT2D eigenvalue weighted by atomic mass is 32.1. The molecule has 0 aliphatic rings. The molecule has 0 fully saturated rings. The molecule has 0 atom stereocenters. The number of hydrogen-bond acceptors (Lipinski definition) is 22. The van der Waals surface area contributed by atoms with Gasteiger partial charge in [0.25, 0.3) is 0 Å². The fourth-order valence-corrected chi connectivity index (χ4v) is 5.79. The van der Waals surface area contributed by atoms with Gasteiger partial charge in [-0.2, -0.15) is 24.8 Å². The molecule has 0 radical (unpaired) electrons. The quantitative estimate of drug-likeness (QED) is 0.0821. The number of imidazole rings is 3. The first kappa shape index (κ1) is 131. The molecule has 111 heavy (non-hydrogen) atoms. The van der Waals surface area contributed by atoms with Gasteiger partial charge in [-0.1, -0.05) is 195 Å². The Kier molecular flexibility index (Phi) is 142. The summed E-state index contributed by atoms with van der Waals surface area (Å²) in [5.41, 5.74) is 9.95. The maximum atomic E-state index is 4.86. The van der Waals surface area contributed by atoms with E-state index in [1.54, 1.807) is 124 Å². The molecule has 0 saturated carbocycles. The van der Waals surface area contributed by atoms with E-state index in [2.05, 4.69) is 118 Å². The van der Waals surface area contributed by atoms with Gasteiger partial charge in [-0.25, -0.2) is 23.7 Å². The Morgan fingerprint density at radius 1 is 0.432 bits per heavy atom. The second kappa shape index (κ2) is 121. The van der Waals surface area contributed by atoms with Crippen LogP contribution < -0.4 is 0 Å². The van der Waals surface area contributed by atoms with Crippen LogP contribution in [-0.2, 0) is 7.05 Å². The lowest BCUT2D eigenvalue weighted by Crippen LogP contribution is -1.83. The van der Waals surface area contributed by atoms with E-state index in [0.29, 0.717) is 11.8 Å². The minimum absolute atomic E-state index is 0.623. The number of nitrogens with one attached hydrogen (secondary N) is 6. The van der Waals surface area contributed by atoms with Gasteiger partial charge in [-0.3, -0.25) is 20.0 Å². The van der Waals surface area contributed by atoms with Crippen molar-refractivity contribution in [1.29, 1.82) is 0 Å². The topological polar surface area (TPSA) is 346 Å². The minimum atomic E-state index is 0.623. The molecule has 14 heterocycles. The first-order valence-electron chi connectivity index (χ1n) is 38.6. The van der Waals surface area contributed by atoms with Crippen molar-refractivity contribution in [3.63, 3.8) is 0 Å². The predicted octanol–water partition coefficient (Wildman–Crippen LogP) is 26.1. The minimum Gasteiger partial charge on any atom is -0.426 e. The number of aryl methyl sites for hydroxylation is 15. The molecule has 0 unspecified atom stereocenters. The van der Waals surface area contributed by atoms with E-state index in [0.717, 1.165) is 51.3 Å². The van der Waals surface area contributed by atoms with Crippen LogP contribution in [0, 0.1) is 96.9 Å². The highest BCUT2D eigenvalue weighted by Crippen LogP contribution is 1.99. The van der Waals surface area contributed by atoms with Crippen molar-refractivity contribution < 1.29 is 18.0 Å². The van der Waals surface area contributed by atoms with Crippen LogP contribution in [0.25, 0.3) is 0 Å². The summed E-state index contributed by atoms with van der Waals surface area (Å²) in [5.74, 6) is 3.07. The third kappa shape index (κ3) is 119. The van der Waals surface area contributed by atoms with Crippen LogP contribution in [0.4, 0.5) is 0 Å². The Hall–Kier alpha value is -9.87. The molecule has 0 aromatic carbocycles. The lowest BCUT2D eigenvalue weighted by molar-refractivity contribution is 0.397. The molecular formula is C82H156N22O4S3. The average Bonchev–Trinajstić information content (AvgIpc) is 1.84. The highest BCUT2D eigenvalue weighted by molar-refractivity contribution is 7.05. The molecule has 14 rings (SSSR count). The van der Waals surface area contributed by atoms with Gasteiger partial charge in [0.05, 0.1) is 42.6 Å². The Labute approximate surface area is 685 Å². The van der Waals surface area contributed by atoms with Crippen LogP contribution in [0.1, 0.15) is 259 Å². The molecule has 0 amide bonds. The van der Waals surface area contributed by atoms with Crippen molar-refractivity contribution >= 4 is 34.6 Å². The number of H-pyrrole nitrogens is 6. The molecule has 14 aromatic heterocycles. The Morgan fingerprint density at radius 3 is 1.06 bits per heavy atom. The molecule has 636 valence electrons. The predicted molar refractivity (Wildman–Crippen MR) is 479 cm³/mol. The van der Waals surface area contributed by atoms with Crippen molar-refractivity contribution in [2.75, 3.05) is 0 Å². The van der Waals surface area contributed by atoms with Gasteiger partial charge in [0.2, 0.25) is 11.8 Å². The molecule has 26 nitrogen and oxygen atoms in total. The van der Waals surface area contributed by atoms with Crippen LogP contribution in [0.15, 0.2) is 183 Å².